The van der Waals surface area contributed by atoms with E-state index in [1.807, 2.05) is 30.5 Å². The van der Waals surface area contributed by atoms with Crippen LogP contribution in [0.15, 0.2) is 35.0 Å². The molecule has 3 aromatic rings. The van der Waals surface area contributed by atoms with Gasteiger partial charge in [-0.15, -0.1) is 0 Å². The van der Waals surface area contributed by atoms with E-state index in [4.69, 9.17) is 4.52 Å². The molecule has 2 heterocycles. The first-order valence-electron chi connectivity index (χ1n) is 8.02. The molecule has 6 heteroatoms. The molecule has 2 N–H and O–H groups in total. The van der Waals surface area contributed by atoms with E-state index in [9.17, 15) is 4.79 Å². The molecule has 1 amide bonds. The van der Waals surface area contributed by atoms with Crippen molar-refractivity contribution in [3.63, 3.8) is 0 Å². The Morgan fingerprint density at radius 3 is 2.91 bits per heavy atom. The average Bonchev–Trinajstić information content (AvgIpc) is 3.22. The van der Waals surface area contributed by atoms with E-state index >= 15 is 0 Å². The second kappa shape index (κ2) is 5.87. The number of para-hydroxylation sites is 1. The fraction of sp³-hybridized carbons (Fsp3) is 0.353. The second-order valence-electron chi connectivity index (χ2n) is 5.98. The third kappa shape index (κ3) is 2.72. The number of H-pyrrole nitrogens is 1. The highest BCUT2D eigenvalue weighted by atomic mass is 16.5. The largest absolute Gasteiger partial charge is 0.360 e. The van der Waals surface area contributed by atoms with Crippen LogP contribution in [0.2, 0.25) is 0 Å². The van der Waals surface area contributed by atoms with E-state index < -0.39 is 0 Å². The summed E-state index contributed by atoms with van der Waals surface area (Å²) in [6.45, 7) is 0. The Bertz CT molecular complexity index is 830. The van der Waals surface area contributed by atoms with Crippen LogP contribution in [0.3, 0.4) is 0 Å². The molecule has 1 aromatic carbocycles. The highest BCUT2D eigenvalue weighted by Gasteiger charge is 2.22. The molecule has 4 rings (SSSR count). The number of carbonyl (C=O) groups excluding carboxylic acids is 1. The lowest BCUT2D eigenvalue weighted by Gasteiger charge is -2.21. The van der Waals surface area contributed by atoms with E-state index in [2.05, 4.69) is 20.4 Å². The minimum atomic E-state index is -0.282. The molecule has 118 valence electrons. The molecule has 0 unspecified atom stereocenters. The molecule has 1 fully saturated rings. The Kier molecular flexibility index (Phi) is 3.57. The van der Waals surface area contributed by atoms with Crippen molar-refractivity contribution in [3.05, 3.63) is 36.4 Å². The Morgan fingerprint density at radius 1 is 1.22 bits per heavy atom. The highest BCUT2D eigenvalue weighted by molar-refractivity contribution is 5.95. The number of fused-ring (bicyclic) bond motifs is 1. The Labute approximate surface area is 133 Å². The van der Waals surface area contributed by atoms with Crippen LogP contribution in [0, 0.1) is 0 Å². The van der Waals surface area contributed by atoms with Crippen LogP contribution in [0.25, 0.3) is 22.3 Å². The number of aromatic nitrogens is 3. The zero-order chi connectivity index (χ0) is 15.6. The summed E-state index contributed by atoms with van der Waals surface area (Å²) in [4.78, 5) is 19.7. The first-order valence-corrected chi connectivity index (χ1v) is 8.02. The number of benzene rings is 1. The van der Waals surface area contributed by atoms with Gasteiger partial charge in [0.05, 0.1) is 0 Å². The van der Waals surface area contributed by atoms with Gasteiger partial charge in [0.25, 0.3) is 0 Å². The third-order valence-corrected chi connectivity index (χ3v) is 4.39. The SMILES string of the molecule is O=C(NC1CCCCC1)c1nc(-c2c[nH]c3ccccc23)no1. The summed E-state index contributed by atoms with van der Waals surface area (Å²) in [6, 6.07) is 8.10. The number of amides is 1. The zero-order valence-corrected chi connectivity index (χ0v) is 12.7. The lowest BCUT2D eigenvalue weighted by atomic mass is 9.95. The number of nitrogens with one attached hydrogen (secondary N) is 2. The van der Waals surface area contributed by atoms with Crippen molar-refractivity contribution < 1.29 is 9.32 Å². The monoisotopic (exact) mass is 310 g/mol. The Hall–Kier alpha value is -2.63. The molecule has 23 heavy (non-hydrogen) atoms. The van der Waals surface area contributed by atoms with Crippen LogP contribution in [0.5, 0.6) is 0 Å². The summed E-state index contributed by atoms with van der Waals surface area (Å²) in [6.07, 6.45) is 7.45. The van der Waals surface area contributed by atoms with Crippen LogP contribution in [0.1, 0.15) is 42.8 Å². The van der Waals surface area contributed by atoms with Crippen molar-refractivity contribution in [2.75, 3.05) is 0 Å². The summed E-state index contributed by atoms with van der Waals surface area (Å²) >= 11 is 0. The predicted molar refractivity (Wildman–Crippen MR) is 85.9 cm³/mol. The predicted octanol–water partition coefficient (Wildman–Crippen LogP) is 3.28. The average molecular weight is 310 g/mol. The van der Waals surface area contributed by atoms with Gasteiger partial charge >= 0.3 is 11.8 Å². The second-order valence-corrected chi connectivity index (χ2v) is 5.98. The van der Waals surface area contributed by atoms with Gasteiger partial charge in [-0.3, -0.25) is 4.79 Å². The van der Waals surface area contributed by atoms with E-state index in [-0.39, 0.29) is 17.8 Å². The smallest absolute Gasteiger partial charge is 0.316 e. The maximum atomic E-state index is 12.2. The van der Waals surface area contributed by atoms with Crippen molar-refractivity contribution in [3.8, 4) is 11.4 Å². The van der Waals surface area contributed by atoms with Gasteiger partial charge in [-0.2, -0.15) is 4.98 Å². The maximum Gasteiger partial charge on any atom is 0.316 e. The molecular weight excluding hydrogens is 292 g/mol. The maximum absolute atomic E-state index is 12.2. The minimum absolute atomic E-state index is 0.0239. The molecule has 0 aliphatic heterocycles. The molecule has 0 atom stereocenters. The summed E-state index contributed by atoms with van der Waals surface area (Å²) in [7, 11) is 0. The van der Waals surface area contributed by atoms with E-state index in [1.54, 1.807) is 0 Å². The molecule has 6 nitrogen and oxygen atoms in total. The first kappa shape index (κ1) is 14.0. The molecule has 1 aliphatic rings. The van der Waals surface area contributed by atoms with Crippen LogP contribution in [-0.2, 0) is 0 Å². The lowest BCUT2D eigenvalue weighted by molar-refractivity contribution is 0.0883. The lowest BCUT2D eigenvalue weighted by Crippen LogP contribution is -2.36. The van der Waals surface area contributed by atoms with E-state index in [0.717, 1.165) is 42.1 Å². The molecule has 2 aromatic heterocycles. The fourth-order valence-corrected chi connectivity index (χ4v) is 3.18. The van der Waals surface area contributed by atoms with Gasteiger partial charge in [0.2, 0.25) is 5.82 Å². The highest BCUT2D eigenvalue weighted by Crippen LogP contribution is 2.26. The molecule has 0 bridgehead atoms. The van der Waals surface area contributed by atoms with Crippen LogP contribution >= 0.6 is 0 Å². The number of carbonyl (C=O) groups is 1. The summed E-state index contributed by atoms with van der Waals surface area (Å²) in [5, 5.41) is 7.95. The van der Waals surface area contributed by atoms with Gasteiger partial charge < -0.3 is 14.8 Å². The number of hydrogen-bond acceptors (Lipinski definition) is 4. The van der Waals surface area contributed by atoms with Gasteiger partial charge in [0, 0.05) is 28.7 Å². The van der Waals surface area contributed by atoms with Gasteiger partial charge in [-0.05, 0) is 18.9 Å². The third-order valence-electron chi connectivity index (χ3n) is 4.39. The number of hydrogen-bond donors (Lipinski definition) is 2. The van der Waals surface area contributed by atoms with Crippen LogP contribution in [-0.4, -0.2) is 27.1 Å². The summed E-state index contributed by atoms with van der Waals surface area (Å²) in [5.41, 5.74) is 1.83. The van der Waals surface area contributed by atoms with Crippen LogP contribution < -0.4 is 5.32 Å². The Morgan fingerprint density at radius 2 is 2.04 bits per heavy atom. The van der Waals surface area contributed by atoms with E-state index in [0.29, 0.717) is 5.82 Å². The molecular formula is C17H18N4O2. The van der Waals surface area contributed by atoms with Crippen molar-refractivity contribution >= 4 is 16.8 Å². The Balaban J connectivity index is 1.55. The first-order chi connectivity index (χ1) is 11.3. The van der Waals surface area contributed by atoms with Gasteiger partial charge in [-0.1, -0.05) is 42.6 Å². The molecule has 1 aliphatic carbocycles. The van der Waals surface area contributed by atoms with Crippen molar-refractivity contribution in [1.82, 2.24) is 20.4 Å². The summed E-state index contributed by atoms with van der Waals surface area (Å²) < 4.78 is 5.15. The van der Waals surface area contributed by atoms with Crippen molar-refractivity contribution in [2.45, 2.75) is 38.1 Å². The number of nitrogens with zero attached hydrogens (tertiary/aromatic N) is 2. The van der Waals surface area contributed by atoms with E-state index in [1.165, 1.54) is 6.42 Å². The van der Waals surface area contributed by atoms with Crippen molar-refractivity contribution in [1.29, 1.82) is 0 Å². The molecule has 0 saturated heterocycles. The van der Waals surface area contributed by atoms with Crippen molar-refractivity contribution in [2.24, 2.45) is 0 Å². The molecule has 1 saturated carbocycles. The van der Waals surface area contributed by atoms with Gasteiger partial charge in [0.15, 0.2) is 0 Å². The standard InChI is InChI=1S/C17H18N4O2/c22-16(19-11-6-2-1-3-7-11)17-20-15(21-23-17)13-10-18-14-9-5-4-8-12(13)14/h4-5,8-11,18H,1-3,6-7H2,(H,19,22). The topological polar surface area (TPSA) is 83.8 Å². The zero-order valence-electron chi connectivity index (χ0n) is 12.7. The minimum Gasteiger partial charge on any atom is -0.360 e. The number of rotatable bonds is 3. The van der Waals surface area contributed by atoms with Gasteiger partial charge in [0.1, 0.15) is 0 Å². The van der Waals surface area contributed by atoms with Gasteiger partial charge in [-0.25, -0.2) is 0 Å². The quantitative estimate of drug-likeness (QED) is 0.777. The molecule has 0 radical (unpaired) electrons. The fourth-order valence-electron chi connectivity index (χ4n) is 3.18. The van der Waals surface area contributed by atoms with Crippen LogP contribution in [0.4, 0.5) is 0 Å². The summed E-state index contributed by atoms with van der Waals surface area (Å²) in [5.74, 6) is 0.169. The normalized spacial score (nSPS) is 15.8. The number of aromatic amines is 1. The molecule has 0 spiro atoms.